The first kappa shape index (κ1) is 11.6. The Morgan fingerprint density at radius 1 is 1.16 bits per heavy atom. The number of rotatable bonds is 3. The zero-order valence-electron chi connectivity index (χ0n) is 9.91. The Bertz CT molecular complexity index is 671. The van der Waals surface area contributed by atoms with Crippen molar-refractivity contribution in [2.24, 2.45) is 11.8 Å². The maximum Gasteiger partial charge on any atom is 0.307 e. The van der Waals surface area contributed by atoms with Crippen molar-refractivity contribution in [3.05, 3.63) is 30.6 Å². The molecule has 1 aliphatic carbocycles. The van der Waals surface area contributed by atoms with Gasteiger partial charge in [-0.3, -0.25) is 19.6 Å². The molecule has 3 rings (SSSR count). The van der Waals surface area contributed by atoms with E-state index in [-0.39, 0.29) is 5.91 Å². The molecule has 19 heavy (non-hydrogen) atoms. The summed E-state index contributed by atoms with van der Waals surface area (Å²) < 4.78 is 0. The number of anilines is 1. The molecule has 1 heterocycles. The molecule has 0 aliphatic heterocycles. The number of carboxylic acid groups (broad SMARTS) is 1. The third kappa shape index (κ3) is 2.24. The van der Waals surface area contributed by atoms with Crippen molar-refractivity contribution < 1.29 is 14.7 Å². The molecule has 2 atom stereocenters. The third-order valence-corrected chi connectivity index (χ3v) is 3.18. The summed E-state index contributed by atoms with van der Waals surface area (Å²) in [5, 5.41) is 11.5. The van der Waals surface area contributed by atoms with Gasteiger partial charge in [0.1, 0.15) is 0 Å². The van der Waals surface area contributed by atoms with E-state index in [1.165, 1.54) is 0 Å². The fourth-order valence-electron chi connectivity index (χ4n) is 2.03. The van der Waals surface area contributed by atoms with Gasteiger partial charge in [-0.2, -0.15) is 0 Å². The summed E-state index contributed by atoms with van der Waals surface area (Å²) in [5.41, 5.74) is 2.04. The van der Waals surface area contributed by atoms with E-state index >= 15 is 0 Å². The quantitative estimate of drug-likeness (QED) is 0.864. The fourth-order valence-corrected chi connectivity index (χ4v) is 2.03. The Morgan fingerprint density at radius 3 is 2.58 bits per heavy atom. The first-order chi connectivity index (χ1) is 9.15. The zero-order valence-corrected chi connectivity index (χ0v) is 9.91. The van der Waals surface area contributed by atoms with E-state index in [2.05, 4.69) is 15.3 Å². The first-order valence-electron chi connectivity index (χ1n) is 5.89. The Hall–Kier alpha value is -2.50. The van der Waals surface area contributed by atoms with Gasteiger partial charge >= 0.3 is 5.97 Å². The van der Waals surface area contributed by atoms with Crippen LogP contribution in [0.25, 0.3) is 11.0 Å². The number of hydrogen-bond acceptors (Lipinski definition) is 4. The molecule has 1 fully saturated rings. The van der Waals surface area contributed by atoms with Crippen molar-refractivity contribution in [2.75, 3.05) is 5.32 Å². The molecular formula is C13H11N3O3. The lowest BCUT2D eigenvalue weighted by Crippen LogP contribution is -2.16. The maximum absolute atomic E-state index is 11.8. The van der Waals surface area contributed by atoms with Crippen molar-refractivity contribution in [3.63, 3.8) is 0 Å². The van der Waals surface area contributed by atoms with Gasteiger partial charge in [-0.1, -0.05) is 0 Å². The van der Waals surface area contributed by atoms with Crippen LogP contribution in [0.5, 0.6) is 0 Å². The number of hydrogen-bond donors (Lipinski definition) is 2. The van der Waals surface area contributed by atoms with Crippen molar-refractivity contribution in [1.82, 2.24) is 9.97 Å². The molecule has 0 saturated heterocycles. The number of benzene rings is 1. The maximum atomic E-state index is 11.8. The summed E-state index contributed by atoms with van der Waals surface area (Å²) in [5.74, 6) is -2.13. The van der Waals surface area contributed by atoms with Gasteiger partial charge in [0.25, 0.3) is 0 Å². The van der Waals surface area contributed by atoms with Gasteiger partial charge in [0, 0.05) is 18.1 Å². The highest BCUT2D eigenvalue weighted by Gasteiger charge is 2.48. The molecule has 1 aliphatic rings. The summed E-state index contributed by atoms with van der Waals surface area (Å²) in [7, 11) is 0. The molecule has 2 aromatic rings. The minimum absolute atomic E-state index is 0.254. The largest absolute Gasteiger partial charge is 0.481 e. The van der Waals surface area contributed by atoms with Crippen molar-refractivity contribution in [2.45, 2.75) is 6.42 Å². The smallest absolute Gasteiger partial charge is 0.307 e. The summed E-state index contributed by atoms with van der Waals surface area (Å²) in [6, 6.07) is 5.21. The highest BCUT2D eigenvalue weighted by molar-refractivity contribution is 5.99. The van der Waals surface area contributed by atoms with Crippen LogP contribution in [0.1, 0.15) is 6.42 Å². The van der Waals surface area contributed by atoms with Crippen LogP contribution in [-0.2, 0) is 9.59 Å². The number of carbonyl (C=O) groups excluding carboxylic acids is 1. The number of aliphatic carboxylic acids is 1. The average molecular weight is 257 g/mol. The molecule has 2 N–H and O–H groups in total. The van der Waals surface area contributed by atoms with E-state index in [4.69, 9.17) is 5.11 Å². The van der Waals surface area contributed by atoms with Crippen LogP contribution in [-0.4, -0.2) is 27.0 Å². The third-order valence-electron chi connectivity index (χ3n) is 3.18. The molecule has 0 spiro atoms. The second-order valence-corrected chi connectivity index (χ2v) is 4.54. The van der Waals surface area contributed by atoms with Crippen LogP contribution < -0.4 is 5.32 Å². The number of fused-ring (bicyclic) bond motifs is 1. The Morgan fingerprint density at radius 2 is 1.89 bits per heavy atom. The minimum atomic E-state index is -0.912. The fraction of sp³-hybridized carbons (Fsp3) is 0.231. The second-order valence-electron chi connectivity index (χ2n) is 4.54. The van der Waals surface area contributed by atoms with Crippen LogP contribution in [0.3, 0.4) is 0 Å². The molecule has 0 bridgehead atoms. The van der Waals surface area contributed by atoms with Crippen molar-refractivity contribution in [3.8, 4) is 0 Å². The molecule has 1 saturated carbocycles. The summed E-state index contributed by atoms with van der Waals surface area (Å²) in [4.78, 5) is 30.8. The van der Waals surface area contributed by atoms with E-state index in [0.717, 1.165) is 5.52 Å². The Labute approximate surface area is 108 Å². The lowest BCUT2D eigenvalue weighted by Gasteiger charge is -2.05. The Kier molecular flexibility index (Phi) is 2.63. The first-order valence-corrected chi connectivity index (χ1v) is 5.89. The molecule has 1 amide bonds. The van der Waals surface area contributed by atoms with Crippen molar-refractivity contribution >= 4 is 28.6 Å². The molecule has 6 heteroatoms. The highest BCUT2D eigenvalue weighted by Crippen LogP contribution is 2.39. The van der Waals surface area contributed by atoms with Gasteiger partial charge in [-0.15, -0.1) is 0 Å². The van der Waals surface area contributed by atoms with E-state index in [9.17, 15) is 9.59 Å². The monoisotopic (exact) mass is 257 g/mol. The second kappa shape index (κ2) is 4.31. The van der Waals surface area contributed by atoms with Crippen LogP contribution >= 0.6 is 0 Å². The average Bonchev–Trinajstić information content (AvgIpc) is 3.19. The highest BCUT2D eigenvalue weighted by atomic mass is 16.4. The van der Waals surface area contributed by atoms with Crippen LogP contribution in [0, 0.1) is 11.8 Å². The Balaban J connectivity index is 1.75. The standard InChI is InChI=1S/C13H11N3O3/c17-12(8-6-9(8)13(18)19)16-7-1-2-10-11(5-7)15-4-3-14-10/h1-5,8-9H,6H2,(H,16,17)(H,18,19)/t8-,9+/m1/s1. The van der Waals surface area contributed by atoms with E-state index in [1.807, 2.05) is 0 Å². The molecule has 96 valence electrons. The summed E-state index contributed by atoms with van der Waals surface area (Å²) in [6.45, 7) is 0. The van der Waals surface area contributed by atoms with Crippen LogP contribution in [0.4, 0.5) is 5.69 Å². The number of aromatic nitrogens is 2. The van der Waals surface area contributed by atoms with E-state index in [0.29, 0.717) is 17.6 Å². The molecule has 1 aromatic carbocycles. The van der Waals surface area contributed by atoms with Gasteiger partial charge in [0.2, 0.25) is 5.91 Å². The van der Waals surface area contributed by atoms with Crippen LogP contribution in [0.15, 0.2) is 30.6 Å². The molecule has 0 radical (unpaired) electrons. The van der Waals surface area contributed by atoms with Gasteiger partial charge in [-0.05, 0) is 24.6 Å². The molecule has 6 nitrogen and oxygen atoms in total. The van der Waals surface area contributed by atoms with E-state index in [1.54, 1.807) is 30.6 Å². The number of amides is 1. The topological polar surface area (TPSA) is 92.2 Å². The summed E-state index contributed by atoms with van der Waals surface area (Å²) in [6.07, 6.45) is 3.59. The zero-order chi connectivity index (χ0) is 13.4. The van der Waals surface area contributed by atoms with Crippen molar-refractivity contribution in [1.29, 1.82) is 0 Å². The van der Waals surface area contributed by atoms with Gasteiger partial charge in [-0.25, -0.2) is 0 Å². The van der Waals surface area contributed by atoms with Gasteiger partial charge in [0.15, 0.2) is 0 Å². The van der Waals surface area contributed by atoms with Gasteiger partial charge in [0.05, 0.1) is 22.9 Å². The van der Waals surface area contributed by atoms with Gasteiger partial charge < -0.3 is 10.4 Å². The lowest BCUT2D eigenvalue weighted by atomic mass is 10.2. The summed E-state index contributed by atoms with van der Waals surface area (Å²) >= 11 is 0. The molecule has 0 unspecified atom stereocenters. The van der Waals surface area contributed by atoms with E-state index < -0.39 is 17.8 Å². The predicted molar refractivity (Wildman–Crippen MR) is 67.4 cm³/mol. The SMILES string of the molecule is O=C(O)[C@H]1C[C@H]1C(=O)Nc1ccc2nccnc2c1. The predicted octanol–water partition coefficient (Wildman–Crippen LogP) is 1.29. The van der Waals surface area contributed by atoms with Crippen LogP contribution in [0.2, 0.25) is 0 Å². The lowest BCUT2D eigenvalue weighted by molar-refractivity contribution is -0.139. The number of nitrogens with one attached hydrogen (secondary N) is 1. The number of nitrogens with zero attached hydrogens (tertiary/aromatic N) is 2. The minimum Gasteiger partial charge on any atom is -0.481 e. The number of carbonyl (C=O) groups is 2. The molecule has 1 aromatic heterocycles. The number of carboxylic acids is 1. The normalized spacial score (nSPS) is 21.1. The molecular weight excluding hydrogens is 246 g/mol.